The van der Waals surface area contributed by atoms with Crippen LogP contribution in [0.4, 0.5) is 5.69 Å². The average Bonchev–Trinajstić information content (AvgIpc) is 2.78. The van der Waals surface area contributed by atoms with Crippen LogP contribution in [0, 0.1) is 10.1 Å². The maximum atomic E-state index is 11.0. The molecule has 1 aromatic heterocycles. The first kappa shape index (κ1) is 15.0. The van der Waals surface area contributed by atoms with Gasteiger partial charge in [0.15, 0.2) is 0 Å². The number of aryl methyl sites for hydroxylation is 1. The zero-order chi connectivity index (χ0) is 15.6. The first-order valence-electron chi connectivity index (χ1n) is 5.71. The molecule has 0 unspecified atom stereocenters. The van der Waals surface area contributed by atoms with Crippen molar-refractivity contribution in [3.8, 4) is 5.75 Å². The van der Waals surface area contributed by atoms with Crippen LogP contribution < -0.4 is 4.74 Å². The van der Waals surface area contributed by atoms with Crippen LogP contribution in [-0.2, 0) is 13.7 Å². The van der Waals surface area contributed by atoms with E-state index < -0.39 is 10.9 Å². The van der Waals surface area contributed by atoms with Crippen LogP contribution in [0.15, 0.2) is 28.9 Å². The van der Waals surface area contributed by atoms with Gasteiger partial charge in [0, 0.05) is 13.1 Å². The molecule has 0 fully saturated rings. The summed E-state index contributed by atoms with van der Waals surface area (Å²) in [6, 6.07) is 4.37. The molecule has 0 aliphatic rings. The monoisotopic (exact) mass is 355 g/mol. The second-order valence-electron chi connectivity index (χ2n) is 4.07. The number of nitro benzene ring substituents is 1. The van der Waals surface area contributed by atoms with Crippen molar-refractivity contribution in [3.05, 3.63) is 50.2 Å². The molecule has 0 bridgehead atoms. The van der Waals surface area contributed by atoms with Gasteiger partial charge in [-0.2, -0.15) is 5.10 Å². The van der Waals surface area contributed by atoms with E-state index in [-0.39, 0.29) is 28.1 Å². The van der Waals surface area contributed by atoms with Gasteiger partial charge < -0.3 is 9.84 Å². The van der Waals surface area contributed by atoms with Crippen molar-refractivity contribution in [1.82, 2.24) is 9.78 Å². The minimum atomic E-state index is -1.11. The van der Waals surface area contributed by atoms with Crippen molar-refractivity contribution < 1.29 is 19.6 Å². The topological polar surface area (TPSA) is 107 Å². The third-order valence-corrected chi connectivity index (χ3v) is 3.59. The van der Waals surface area contributed by atoms with Crippen molar-refractivity contribution in [3.63, 3.8) is 0 Å². The minimum Gasteiger partial charge on any atom is -0.486 e. The Hall–Kier alpha value is -2.42. The number of rotatable bonds is 5. The van der Waals surface area contributed by atoms with Crippen LogP contribution in [0.1, 0.15) is 16.1 Å². The summed E-state index contributed by atoms with van der Waals surface area (Å²) in [5.41, 5.74) is 0.260. The lowest BCUT2D eigenvalue weighted by Crippen LogP contribution is -2.08. The number of aromatic nitrogens is 2. The molecule has 0 aliphatic carbocycles. The number of hydrogen-bond donors (Lipinski definition) is 1. The highest BCUT2D eigenvalue weighted by atomic mass is 79.9. The molecule has 21 heavy (non-hydrogen) atoms. The third-order valence-electron chi connectivity index (χ3n) is 2.80. The van der Waals surface area contributed by atoms with E-state index in [1.807, 2.05) is 0 Å². The van der Waals surface area contributed by atoms with Crippen molar-refractivity contribution in [2.45, 2.75) is 6.61 Å². The van der Waals surface area contributed by atoms with Crippen LogP contribution >= 0.6 is 15.9 Å². The molecule has 2 rings (SSSR count). The molecular weight excluding hydrogens is 346 g/mol. The molecule has 0 spiro atoms. The Morgan fingerprint density at radius 2 is 2.29 bits per heavy atom. The molecule has 0 amide bonds. The smallest absolute Gasteiger partial charge is 0.339 e. The molecular formula is C12H10BrN3O5. The fraction of sp³-hybridized carbons (Fsp3) is 0.167. The summed E-state index contributed by atoms with van der Waals surface area (Å²) in [7, 11) is 1.59. The lowest BCUT2D eigenvalue weighted by molar-refractivity contribution is -0.385. The fourth-order valence-corrected chi connectivity index (χ4v) is 2.23. The van der Waals surface area contributed by atoms with E-state index in [9.17, 15) is 14.9 Å². The summed E-state index contributed by atoms with van der Waals surface area (Å²) in [6.07, 6.45) is 1.23. The number of ether oxygens (including phenoxy) is 1. The molecule has 1 N–H and O–H groups in total. The van der Waals surface area contributed by atoms with E-state index in [0.29, 0.717) is 5.69 Å². The minimum absolute atomic E-state index is 0.0269. The first-order valence-corrected chi connectivity index (χ1v) is 6.51. The van der Waals surface area contributed by atoms with Gasteiger partial charge in [-0.1, -0.05) is 6.07 Å². The highest BCUT2D eigenvalue weighted by molar-refractivity contribution is 9.10. The summed E-state index contributed by atoms with van der Waals surface area (Å²) in [6.45, 7) is -0.0715. The van der Waals surface area contributed by atoms with E-state index in [1.54, 1.807) is 13.1 Å². The summed E-state index contributed by atoms with van der Waals surface area (Å²) >= 11 is 3.11. The van der Waals surface area contributed by atoms with Gasteiger partial charge in [-0.3, -0.25) is 14.8 Å². The van der Waals surface area contributed by atoms with Crippen LogP contribution in [-0.4, -0.2) is 25.8 Å². The van der Waals surface area contributed by atoms with Gasteiger partial charge in [0.1, 0.15) is 22.4 Å². The molecule has 0 radical (unpaired) electrons. The predicted octanol–water partition coefficient (Wildman–Crippen LogP) is 2.37. The number of nitrogens with zero attached hydrogens (tertiary/aromatic N) is 3. The number of aromatic carboxylic acids is 1. The molecule has 1 aromatic carbocycles. The predicted molar refractivity (Wildman–Crippen MR) is 75.3 cm³/mol. The Balaban J connectivity index is 2.25. The Labute approximate surface area is 127 Å². The second kappa shape index (κ2) is 5.92. The highest BCUT2D eigenvalue weighted by Crippen LogP contribution is 2.34. The molecule has 2 aromatic rings. The van der Waals surface area contributed by atoms with Crippen LogP contribution in [0.3, 0.4) is 0 Å². The summed E-state index contributed by atoms with van der Waals surface area (Å²) in [4.78, 5) is 21.3. The Bertz CT molecular complexity index is 713. The molecule has 0 saturated heterocycles. The standard InChI is InChI=1S/C12H10BrN3O5/c1-15-9(7(5-14-15)12(17)18)6-21-10-4-2-3-8(11(10)13)16(19)20/h2-5H,6H2,1H3,(H,17,18). The van der Waals surface area contributed by atoms with Gasteiger partial charge in [0.05, 0.1) is 16.8 Å². The fourth-order valence-electron chi connectivity index (χ4n) is 1.71. The number of carbonyl (C=O) groups is 1. The number of halogens is 1. The van der Waals surface area contributed by atoms with Crippen LogP contribution in [0.5, 0.6) is 5.75 Å². The normalized spacial score (nSPS) is 10.4. The van der Waals surface area contributed by atoms with Crippen molar-refractivity contribution >= 4 is 27.6 Å². The van der Waals surface area contributed by atoms with E-state index in [2.05, 4.69) is 21.0 Å². The number of carboxylic acid groups (broad SMARTS) is 1. The largest absolute Gasteiger partial charge is 0.486 e. The molecule has 8 nitrogen and oxygen atoms in total. The number of hydrogen-bond acceptors (Lipinski definition) is 5. The van der Waals surface area contributed by atoms with Crippen molar-refractivity contribution in [1.29, 1.82) is 0 Å². The van der Waals surface area contributed by atoms with Gasteiger partial charge in [0.25, 0.3) is 5.69 Å². The van der Waals surface area contributed by atoms with Gasteiger partial charge in [-0.15, -0.1) is 0 Å². The zero-order valence-corrected chi connectivity index (χ0v) is 12.4. The van der Waals surface area contributed by atoms with Gasteiger partial charge in [-0.05, 0) is 22.0 Å². The Morgan fingerprint density at radius 1 is 1.57 bits per heavy atom. The highest BCUT2D eigenvalue weighted by Gasteiger charge is 2.19. The van der Waals surface area contributed by atoms with Gasteiger partial charge in [-0.25, -0.2) is 4.79 Å². The molecule has 0 aliphatic heterocycles. The van der Waals surface area contributed by atoms with E-state index in [4.69, 9.17) is 9.84 Å². The maximum absolute atomic E-state index is 11.0. The van der Waals surface area contributed by atoms with E-state index in [0.717, 1.165) is 0 Å². The van der Waals surface area contributed by atoms with Crippen LogP contribution in [0.2, 0.25) is 0 Å². The summed E-state index contributed by atoms with van der Waals surface area (Å²) in [5.74, 6) is -0.860. The average molecular weight is 356 g/mol. The van der Waals surface area contributed by atoms with Crippen LogP contribution in [0.25, 0.3) is 0 Å². The second-order valence-corrected chi connectivity index (χ2v) is 4.86. The number of carboxylic acids is 1. The first-order chi connectivity index (χ1) is 9.91. The Kier molecular flexibility index (Phi) is 4.22. The molecule has 110 valence electrons. The lowest BCUT2D eigenvalue weighted by atomic mass is 10.2. The molecule has 1 heterocycles. The molecule has 0 saturated carbocycles. The van der Waals surface area contributed by atoms with Crippen molar-refractivity contribution in [2.24, 2.45) is 7.05 Å². The van der Waals surface area contributed by atoms with E-state index >= 15 is 0 Å². The van der Waals surface area contributed by atoms with Crippen molar-refractivity contribution in [2.75, 3.05) is 0 Å². The molecule has 9 heteroatoms. The summed E-state index contributed by atoms with van der Waals surface area (Å²) in [5, 5.41) is 23.7. The van der Waals surface area contributed by atoms with E-state index in [1.165, 1.54) is 23.0 Å². The third kappa shape index (κ3) is 3.02. The van der Waals surface area contributed by atoms with Gasteiger partial charge in [0.2, 0.25) is 0 Å². The SMILES string of the molecule is Cn1ncc(C(=O)O)c1COc1cccc([N+](=O)[O-])c1Br. The number of benzene rings is 1. The number of nitro groups is 1. The maximum Gasteiger partial charge on any atom is 0.339 e. The zero-order valence-electron chi connectivity index (χ0n) is 10.8. The summed E-state index contributed by atoms with van der Waals surface area (Å²) < 4.78 is 7.05. The quantitative estimate of drug-likeness (QED) is 0.651. The van der Waals surface area contributed by atoms with Gasteiger partial charge >= 0.3 is 5.97 Å². The molecule has 0 atom stereocenters. The Morgan fingerprint density at radius 3 is 2.90 bits per heavy atom. The lowest BCUT2D eigenvalue weighted by Gasteiger charge is -2.09.